The molecule has 0 aliphatic rings. The maximum atomic E-state index is 5.31. The zero-order valence-electron chi connectivity index (χ0n) is 4.39. The highest BCUT2D eigenvalue weighted by molar-refractivity contribution is 9.11. The lowest BCUT2D eigenvalue weighted by atomic mass is 10.5. The Balaban J connectivity index is 4.25. The van der Waals surface area contributed by atoms with E-state index >= 15 is 0 Å². The molecule has 2 nitrogen and oxygen atoms in total. The first-order chi connectivity index (χ1) is 3.72. The van der Waals surface area contributed by atoms with E-state index in [2.05, 4.69) is 34.2 Å². The number of hydrogen-bond donors (Lipinski definition) is 1. The maximum absolute atomic E-state index is 5.31. The Labute approximate surface area is 56.9 Å². The Bertz CT molecular complexity index is 121. The SMILES string of the molecule is C=C/C(N)=C(/Br)N=C. The molecule has 0 spiro atoms. The minimum absolute atomic E-state index is 0.500. The Morgan fingerprint density at radius 2 is 2.25 bits per heavy atom. The van der Waals surface area contributed by atoms with Crippen LogP contribution < -0.4 is 5.73 Å². The van der Waals surface area contributed by atoms with Crippen LogP contribution in [0.2, 0.25) is 0 Å². The lowest BCUT2D eigenvalue weighted by Gasteiger charge is -1.89. The topological polar surface area (TPSA) is 38.4 Å². The van der Waals surface area contributed by atoms with E-state index in [9.17, 15) is 0 Å². The lowest BCUT2D eigenvalue weighted by Crippen LogP contribution is -1.92. The van der Waals surface area contributed by atoms with Crippen molar-refractivity contribution in [1.29, 1.82) is 0 Å². The molecule has 0 rings (SSSR count). The summed E-state index contributed by atoms with van der Waals surface area (Å²) in [5, 5.41) is 0. The molecule has 0 atom stereocenters. The van der Waals surface area contributed by atoms with Gasteiger partial charge in [-0.25, -0.2) is 0 Å². The highest BCUT2D eigenvalue weighted by atomic mass is 79.9. The zero-order chi connectivity index (χ0) is 6.57. The third-order valence-corrected chi connectivity index (χ3v) is 1.31. The van der Waals surface area contributed by atoms with E-state index in [1.54, 1.807) is 0 Å². The van der Waals surface area contributed by atoms with Crippen molar-refractivity contribution in [2.24, 2.45) is 10.7 Å². The van der Waals surface area contributed by atoms with Gasteiger partial charge in [0.2, 0.25) is 0 Å². The van der Waals surface area contributed by atoms with Crippen molar-refractivity contribution in [3.63, 3.8) is 0 Å². The van der Waals surface area contributed by atoms with E-state index in [4.69, 9.17) is 5.73 Å². The van der Waals surface area contributed by atoms with E-state index in [0.717, 1.165) is 0 Å². The fourth-order valence-electron chi connectivity index (χ4n) is 0.176. The summed E-state index contributed by atoms with van der Waals surface area (Å²) < 4.78 is 0.535. The molecular formula is C5H7BrN2. The van der Waals surface area contributed by atoms with Gasteiger partial charge in [0, 0.05) is 0 Å². The molecule has 0 aliphatic heterocycles. The minimum Gasteiger partial charge on any atom is -0.397 e. The van der Waals surface area contributed by atoms with Gasteiger partial charge in [-0.15, -0.1) is 0 Å². The van der Waals surface area contributed by atoms with E-state index < -0.39 is 0 Å². The van der Waals surface area contributed by atoms with Gasteiger partial charge < -0.3 is 5.73 Å². The van der Waals surface area contributed by atoms with Crippen molar-refractivity contribution in [3.8, 4) is 0 Å². The van der Waals surface area contributed by atoms with Gasteiger partial charge in [0.15, 0.2) is 0 Å². The molecule has 0 aromatic rings. The van der Waals surface area contributed by atoms with Crippen LogP contribution in [0.3, 0.4) is 0 Å². The average Bonchev–Trinajstić information content (AvgIpc) is 1.84. The molecule has 44 valence electrons. The van der Waals surface area contributed by atoms with Gasteiger partial charge in [0.05, 0.1) is 5.70 Å². The Morgan fingerprint density at radius 3 is 2.38 bits per heavy atom. The van der Waals surface area contributed by atoms with Crippen LogP contribution in [0.5, 0.6) is 0 Å². The monoisotopic (exact) mass is 174 g/mol. The van der Waals surface area contributed by atoms with E-state index in [0.29, 0.717) is 10.3 Å². The molecule has 0 bridgehead atoms. The predicted octanol–water partition coefficient (Wildman–Crippen LogP) is 1.40. The van der Waals surface area contributed by atoms with E-state index in [1.165, 1.54) is 6.08 Å². The summed E-state index contributed by atoms with van der Waals surface area (Å²) in [6, 6.07) is 0. The highest BCUT2D eigenvalue weighted by Gasteiger charge is 1.87. The van der Waals surface area contributed by atoms with E-state index in [-0.39, 0.29) is 0 Å². The smallest absolute Gasteiger partial charge is 0.128 e. The highest BCUT2D eigenvalue weighted by Crippen LogP contribution is 2.08. The van der Waals surface area contributed by atoms with Crippen LogP contribution >= 0.6 is 15.9 Å². The first-order valence-corrected chi connectivity index (χ1v) is 2.76. The van der Waals surface area contributed by atoms with Gasteiger partial charge in [-0.2, -0.15) is 0 Å². The largest absolute Gasteiger partial charge is 0.397 e. The second kappa shape index (κ2) is 3.43. The maximum Gasteiger partial charge on any atom is 0.128 e. The van der Waals surface area contributed by atoms with Crippen molar-refractivity contribution in [1.82, 2.24) is 0 Å². The van der Waals surface area contributed by atoms with Crippen LogP contribution in [0.25, 0.3) is 0 Å². The van der Waals surface area contributed by atoms with Gasteiger partial charge in [-0.1, -0.05) is 6.58 Å². The number of nitrogens with zero attached hydrogens (tertiary/aromatic N) is 1. The number of hydrogen-bond acceptors (Lipinski definition) is 2. The summed E-state index contributed by atoms with van der Waals surface area (Å²) >= 11 is 3.06. The fraction of sp³-hybridized carbons (Fsp3) is 0. The van der Waals surface area contributed by atoms with Gasteiger partial charge in [0.25, 0.3) is 0 Å². The quantitative estimate of drug-likeness (QED) is 0.384. The van der Waals surface area contributed by atoms with Gasteiger partial charge >= 0.3 is 0 Å². The summed E-state index contributed by atoms with van der Waals surface area (Å²) in [6.45, 7) is 6.68. The number of nitrogens with two attached hydrogens (primary N) is 1. The Kier molecular flexibility index (Phi) is 3.19. The lowest BCUT2D eigenvalue weighted by molar-refractivity contribution is 1.36. The summed E-state index contributed by atoms with van der Waals surface area (Å²) in [5.74, 6) is 0. The standard InChI is InChI=1S/C5H7BrN2/c1-3-4(7)5(6)8-2/h3H,1-2,7H2/b5-4+. The van der Waals surface area contributed by atoms with E-state index in [1.807, 2.05) is 0 Å². The first kappa shape index (κ1) is 7.43. The second-order valence-corrected chi connectivity index (χ2v) is 1.86. The van der Waals surface area contributed by atoms with Crippen molar-refractivity contribution in [2.45, 2.75) is 0 Å². The fourth-order valence-corrected chi connectivity index (χ4v) is 0.337. The summed E-state index contributed by atoms with van der Waals surface area (Å²) in [5.41, 5.74) is 5.81. The van der Waals surface area contributed by atoms with Crippen LogP contribution in [0.4, 0.5) is 0 Å². The van der Waals surface area contributed by atoms with Crippen LogP contribution in [-0.2, 0) is 0 Å². The number of aliphatic imine (C=N–C) groups is 1. The minimum atomic E-state index is 0.500. The van der Waals surface area contributed by atoms with Crippen LogP contribution in [0.15, 0.2) is 28.0 Å². The van der Waals surface area contributed by atoms with Gasteiger partial charge in [-0.05, 0) is 28.7 Å². The summed E-state index contributed by atoms with van der Waals surface area (Å²) in [4.78, 5) is 3.51. The molecular weight excluding hydrogens is 168 g/mol. The normalized spacial score (nSPS) is 12.1. The molecule has 0 aliphatic carbocycles. The molecule has 0 amide bonds. The zero-order valence-corrected chi connectivity index (χ0v) is 5.98. The Hall–Kier alpha value is -0.570. The molecule has 3 heteroatoms. The van der Waals surface area contributed by atoms with Crippen LogP contribution in [0.1, 0.15) is 0 Å². The molecule has 0 saturated heterocycles. The van der Waals surface area contributed by atoms with Crippen molar-refractivity contribution in [3.05, 3.63) is 23.0 Å². The molecule has 0 heterocycles. The van der Waals surface area contributed by atoms with Crippen molar-refractivity contribution >= 4 is 22.6 Å². The molecule has 0 unspecified atom stereocenters. The summed E-state index contributed by atoms with van der Waals surface area (Å²) in [6.07, 6.45) is 1.50. The van der Waals surface area contributed by atoms with Crippen molar-refractivity contribution in [2.75, 3.05) is 0 Å². The third-order valence-electron chi connectivity index (χ3n) is 0.597. The van der Waals surface area contributed by atoms with Gasteiger partial charge in [-0.3, -0.25) is 4.99 Å². The van der Waals surface area contributed by atoms with Crippen LogP contribution in [0, 0.1) is 0 Å². The number of rotatable bonds is 2. The average molecular weight is 175 g/mol. The molecule has 0 fully saturated rings. The second-order valence-electron chi connectivity index (χ2n) is 1.11. The first-order valence-electron chi connectivity index (χ1n) is 1.96. The van der Waals surface area contributed by atoms with Crippen LogP contribution in [-0.4, -0.2) is 6.72 Å². The number of allylic oxidation sites excluding steroid dienone is 1. The van der Waals surface area contributed by atoms with Crippen molar-refractivity contribution < 1.29 is 0 Å². The number of halogens is 1. The molecule has 8 heavy (non-hydrogen) atoms. The predicted molar refractivity (Wildman–Crippen MR) is 39.9 cm³/mol. The third kappa shape index (κ3) is 1.93. The summed E-state index contributed by atoms with van der Waals surface area (Å²) in [7, 11) is 0. The molecule has 0 radical (unpaired) electrons. The molecule has 0 saturated carbocycles. The molecule has 2 N–H and O–H groups in total. The molecule has 0 aromatic carbocycles. The van der Waals surface area contributed by atoms with Gasteiger partial charge in [0.1, 0.15) is 4.61 Å². The molecule has 0 aromatic heterocycles. The Morgan fingerprint density at radius 1 is 1.75 bits per heavy atom.